The first kappa shape index (κ1) is 30.6. The number of nitrogens with two attached hydrogens (primary N) is 2. The van der Waals surface area contributed by atoms with Crippen LogP contribution in [0, 0.1) is 5.92 Å². The minimum absolute atomic E-state index is 0. The molecular formula is C29H38MnN2O. The molecule has 0 saturated carbocycles. The van der Waals surface area contributed by atoms with Crippen LogP contribution in [0.5, 0.6) is 5.75 Å². The van der Waals surface area contributed by atoms with Crippen molar-refractivity contribution in [3.8, 4) is 5.75 Å². The zero-order chi connectivity index (χ0) is 21.9. The molecule has 0 heterocycles. The number of hydrogen-bond acceptors (Lipinski definition) is 1. The van der Waals surface area contributed by atoms with Crippen molar-refractivity contribution in [1.82, 2.24) is 0 Å². The van der Waals surface area contributed by atoms with Crippen LogP contribution in [0.4, 0.5) is 0 Å². The first-order valence-corrected chi connectivity index (χ1v) is 10.7. The monoisotopic (exact) mass is 485 g/mol. The summed E-state index contributed by atoms with van der Waals surface area (Å²) in [4.78, 5) is 0. The quantitative estimate of drug-likeness (QED) is 0.431. The largest absolute Gasteiger partial charge is 2.00 e. The SMILES string of the molecule is CC(C)(C)c1cc(C=C2C=CC=CC2C=Cc2ccccc2)c(O)c(C(C)(C)C)c1.[Mn+2].[NH2-].[NH2-]. The molecule has 0 amide bonds. The van der Waals surface area contributed by atoms with Crippen LogP contribution < -0.4 is 0 Å². The van der Waals surface area contributed by atoms with Gasteiger partial charge in [-0.2, -0.15) is 0 Å². The second-order valence-electron chi connectivity index (χ2n) is 10.1. The summed E-state index contributed by atoms with van der Waals surface area (Å²) in [6, 6.07) is 14.7. The van der Waals surface area contributed by atoms with Gasteiger partial charge in [0.2, 0.25) is 0 Å². The topological polar surface area (TPSA) is 87.2 Å². The number of aromatic hydroxyl groups is 1. The second kappa shape index (κ2) is 12.2. The molecule has 2 aromatic carbocycles. The van der Waals surface area contributed by atoms with Gasteiger partial charge in [-0.15, -0.1) is 0 Å². The average molecular weight is 486 g/mol. The first-order valence-electron chi connectivity index (χ1n) is 10.7. The van der Waals surface area contributed by atoms with Crippen molar-refractivity contribution in [2.45, 2.75) is 52.4 Å². The fourth-order valence-electron chi connectivity index (χ4n) is 3.62. The van der Waals surface area contributed by atoms with E-state index in [0.717, 1.165) is 11.1 Å². The van der Waals surface area contributed by atoms with Crippen LogP contribution >= 0.6 is 0 Å². The Bertz CT molecular complexity index is 1020. The fraction of sp³-hybridized carbons (Fsp3) is 0.310. The van der Waals surface area contributed by atoms with Gasteiger partial charge in [0.25, 0.3) is 0 Å². The molecule has 0 spiro atoms. The molecule has 33 heavy (non-hydrogen) atoms. The smallest absolute Gasteiger partial charge is 0.693 e. The van der Waals surface area contributed by atoms with Gasteiger partial charge in [0.1, 0.15) is 5.75 Å². The van der Waals surface area contributed by atoms with Crippen LogP contribution in [0.15, 0.2) is 78.4 Å². The maximum atomic E-state index is 11.1. The van der Waals surface area contributed by atoms with Gasteiger partial charge in [0.15, 0.2) is 0 Å². The molecule has 1 unspecified atom stereocenters. The van der Waals surface area contributed by atoms with E-state index in [1.165, 1.54) is 16.7 Å². The Hall–Kier alpha value is -2.36. The Morgan fingerprint density at radius 3 is 2.06 bits per heavy atom. The summed E-state index contributed by atoms with van der Waals surface area (Å²) in [7, 11) is 0. The molecule has 1 aliphatic rings. The summed E-state index contributed by atoms with van der Waals surface area (Å²) < 4.78 is 0. The Balaban J connectivity index is 0.00000341. The predicted octanol–water partition coefficient (Wildman–Crippen LogP) is 9.26. The van der Waals surface area contributed by atoms with Crippen LogP contribution in [-0.2, 0) is 27.9 Å². The molecule has 4 heteroatoms. The van der Waals surface area contributed by atoms with Gasteiger partial charge < -0.3 is 17.4 Å². The molecule has 1 radical (unpaired) electrons. The summed E-state index contributed by atoms with van der Waals surface area (Å²) >= 11 is 0. The van der Waals surface area contributed by atoms with E-state index in [4.69, 9.17) is 0 Å². The summed E-state index contributed by atoms with van der Waals surface area (Å²) in [5, 5.41) is 11.1. The standard InChI is InChI=1S/C29H34O.Mn.2H2N/c1-28(2,3)25-19-24(27(30)26(20-25)29(4,5)6)18-23-15-11-10-14-22(23)17-16-21-12-8-7-9-13-21;;;/h7-20,22,30H,1-6H3;;2*1H2/q;+2;2*-1. The number of rotatable bonds is 3. The van der Waals surface area contributed by atoms with Gasteiger partial charge in [-0.1, -0.05) is 114 Å². The van der Waals surface area contributed by atoms with Crippen molar-refractivity contribution in [3.63, 3.8) is 0 Å². The van der Waals surface area contributed by atoms with E-state index in [9.17, 15) is 5.11 Å². The van der Waals surface area contributed by atoms with Gasteiger partial charge in [-0.25, -0.2) is 0 Å². The van der Waals surface area contributed by atoms with Crippen molar-refractivity contribution in [3.05, 3.63) is 113 Å². The van der Waals surface area contributed by atoms with E-state index in [1.54, 1.807) is 0 Å². The molecule has 0 fully saturated rings. The zero-order valence-electron chi connectivity index (χ0n) is 20.6. The van der Waals surface area contributed by atoms with E-state index in [-0.39, 0.29) is 46.1 Å². The second-order valence-corrected chi connectivity index (χ2v) is 10.1. The van der Waals surface area contributed by atoms with Crippen LogP contribution in [-0.4, -0.2) is 5.11 Å². The fourth-order valence-corrected chi connectivity index (χ4v) is 3.62. The minimum atomic E-state index is -0.131. The number of phenolic OH excluding ortho intramolecular Hbond substituents is 1. The third kappa shape index (κ3) is 7.87. The molecule has 0 bridgehead atoms. The predicted molar refractivity (Wildman–Crippen MR) is 141 cm³/mol. The zero-order valence-corrected chi connectivity index (χ0v) is 21.8. The maximum Gasteiger partial charge on any atom is 2.00 e. The molecule has 177 valence electrons. The Morgan fingerprint density at radius 1 is 0.848 bits per heavy atom. The molecule has 0 aromatic heterocycles. The summed E-state index contributed by atoms with van der Waals surface area (Å²) in [5.74, 6) is 0.558. The molecule has 5 N–H and O–H groups in total. The number of phenols is 1. The van der Waals surface area contributed by atoms with Gasteiger partial charge in [0.05, 0.1) is 0 Å². The van der Waals surface area contributed by atoms with Crippen molar-refractivity contribution < 1.29 is 22.2 Å². The van der Waals surface area contributed by atoms with Crippen molar-refractivity contribution in [2.75, 3.05) is 0 Å². The maximum absolute atomic E-state index is 11.1. The summed E-state index contributed by atoms with van der Waals surface area (Å²) in [6.07, 6.45) is 15.0. The van der Waals surface area contributed by atoms with Crippen molar-refractivity contribution in [1.29, 1.82) is 0 Å². The molecule has 1 atom stereocenters. The van der Waals surface area contributed by atoms with Gasteiger partial charge in [-0.3, -0.25) is 0 Å². The average Bonchev–Trinajstić information content (AvgIpc) is 2.68. The van der Waals surface area contributed by atoms with Gasteiger partial charge >= 0.3 is 17.1 Å². The third-order valence-corrected chi connectivity index (χ3v) is 5.53. The van der Waals surface area contributed by atoms with Crippen LogP contribution in [0.3, 0.4) is 0 Å². The molecule has 2 aromatic rings. The van der Waals surface area contributed by atoms with E-state index in [2.05, 4.69) is 120 Å². The molecular weight excluding hydrogens is 447 g/mol. The Labute approximate surface area is 211 Å². The van der Waals surface area contributed by atoms with Gasteiger partial charge in [0, 0.05) is 17.0 Å². The van der Waals surface area contributed by atoms with Crippen molar-refractivity contribution in [2.24, 2.45) is 5.92 Å². The Morgan fingerprint density at radius 2 is 1.48 bits per heavy atom. The van der Waals surface area contributed by atoms with E-state index >= 15 is 0 Å². The summed E-state index contributed by atoms with van der Waals surface area (Å²) in [6.45, 7) is 13.1. The number of allylic oxidation sites excluding steroid dienone is 6. The van der Waals surface area contributed by atoms with E-state index in [0.29, 0.717) is 5.75 Å². The molecule has 1 aliphatic carbocycles. The first-order chi connectivity index (χ1) is 14.1. The van der Waals surface area contributed by atoms with E-state index in [1.807, 2.05) is 6.07 Å². The summed E-state index contributed by atoms with van der Waals surface area (Å²) in [5.41, 5.74) is 5.36. The van der Waals surface area contributed by atoms with Crippen molar-refractivity contribution >= 4 is 12.2 Å². The van der Waals surface area contributed by atoms with Gasteiger partial charge in [-0.05, 0) is 39.7 Å². The van der Waals surface area contributed by atoms with Crippen LogP contribution in [0.2, 0.25) is 0 Å². The number of benzene rings is 2. The number of hydrogen-bond donors (Lipinski definition) is 1. The van der Waals surface area contributed by atoms with Crippen LogP contribution in [0.1, 0.15) is 63.8 Å². The Kier molecular flexibility index (Phi) is 11.3. The molecule has 0 aliphatic heterocycles. The van der Waals surface area contributed by atoms with E-state index < -0.39 is 0 Å². The molecule has 3 nitrogen and oxygen atoms in total. The third-order valence-electron chi connectivity index (χ3n) is 5.53. The normalized spacial score (nSPS) is 16.8. The molecule has 0 saturated heterocycles. The minimum Gasteiger partial charge on any atom is -0.693 e. The molecule has 3 rings (SSSR count). The van der Waals surface area contributed by atoms with Crippen LogP contribution in [0.25, 0.3) is 24.5 Å².